The summed E-state index contributed by atoms with van der Waals surface area (Å²) >= 11 is 0. The second kappa shape index (κ2) is 4.94. The van der Waals surface area contributed by atoms with Crippen LogP contribution in [-0.2, 0) is 0 Å². The summed E-state index contributed by atoms with van der Waals surface area (Å²) in [7, 11) is 3.77. The van der Waals surface area contributed by atoms with Crippen LogP contribution in [0, 0.1) is 5.82 Å². The topological polar surface area (TPSA) is 29.3 Å². The fraction of sp³-hybridized carbons (Fsp3) is 0.333. The largest absolute Gasteiger partial charge is 0.377 e. The molecule has 0 heterocycles. The van der Waals surface area contributed by atoms with Crippen LogP contribution in [0.15, 0.2) is 24.8 Å². The molecule has 0 fully saturated rings. The van der Waals surface area contributed by atoms with Crippen molar-refractivity contribution in [2.45, 2.75) is 6.42 Å². The van der Waals surface area contributed by atoms with Gasteiger partial charge in [0.05, 0.1) is 0 Å². The van der Waals surface area contributed by atoms with E-state index in [0.717, 1.165) is 23.2 Å². The molecule has 0 saturated carbocycles. The highest BCUT2D eigenvalue weighted by Crippen LogP contribution is 2.27. The van der Waals surface area contributed by atoms with Crippen molar-refractivity contribution in [3.05, 3.63) is 36.2 Å². The second-order valence-electron chi connectivity index (χ2n) is 3.70. The number of nitrogens with two attached hydrogens (primary N) is 1. The molecule has 0 aromatic heterocycles. The van der Waals surface area contributed by atoms with Gasteiger partial charge < -0.3 is 10.6 Å². The van der Waals surface area contributed by atoms with Gasteiger partial charge in [0.2, 0.25) is 0 Å². The van der Waals surface area contributed by atoms with Crippen molar-refractivity contribution in [3.63, 3.8) is 0 Å². The number of hydrogen-bond acceptors (Lipinski definition) is 2. The van der Waals surface area contributed by atoms with Gasteiger partial charge >= 0.3 is 0 Å². The molecule has 1 aromatic carbocycles. The Kier molecular flexibility index (Phi) is 3.86. The predicted octanol–water partition coefficient (Wildman–Crippen LogP) is 2.25. The van der Waals surface area contributed by atoms with Gasteiger partial charge in [-0.15, -0.1) is 0 Å². The smallest absolute Gasteiger partial charge is 0.125 e. The molecule has 0 bridgehead atoms. The van der Waals surface area contributed by atoms with Crippen LogP contribution < -0.4 is 10.6 Å². The summed E-state index contributed by atoms with van der Waals surface area (Å²) in [4.78, 5) is 1.88. The minimum atomic E-state index is -0.233. The van der Waals surface area contributed by atoms with Crippen LogP contribution >= 0.6 is 0 Å². The van der Waals surface area contributed by atoms with E-state index in [1.807, 2.05) is 19.0 Å². The Morgan fingerprint density at radius 3 is 2.67 bits per heavy atom. The highest BCUT2D eigenvalue weighted by atomic mass is 19.1. The Morgan fingerprint density at radius 2 is 2.13 bits per heavy atom. The van der Waals surface area contributed by atoms with Crippen LogP contribution in [0.1, 0.15) is 12.0 Å². The molecule has 82 valence electrons. The van der Waals surface area contributed by atoms with E-state index in [4.69, 9.17) is 5.73 Å². The Morgan fingerprint density at radius 1 is 1.47 bits per heavy atom. The van der Waals surface area contributed by atoms with Crippen molar-refractivity contribution in [1.82, 2.24) is 0 Å². The number of hydrogen-bond donors (Lipinski definition) is 1. The van der Waals surface area contributed by atoms with Gasteiger partial charge in [0.1, 0.15) is 5.82 Å². The van der Waals surface area contributed by atoms with Gasteiger partial charge in [-0.2, -0.15) is 0 Å². The molecular weight excluding hydrogens is 191 g/mol. The summed E-state index contributed by atoms with van der Waals surface area (Å²) in [6.07, 6.45) is 0.729. The molecule has 0 aliphatic heterocycles. The SMILES string of the molecule is C=C(CCN)c1ccc(F)cc1N(C)C. The van der Waals surface area contributed by atoms with Crippen LogP contribution in [0.25, 0.3) is 5.57 Å². The number of halogens is 1. The molecule has 0 spiro atoms. The normalized spacial score (nSPS) is 10.1. The molecule has 0 aliphatic rings. The Bertz CT molecular complexity index is 359. The number of anilines is 1. The van der Waals surface area contributed by atoms with E-state index in [1.165, 1.54) is 12.1 Å². The molecule has 0 amide bonds. The Labute approximate surface area is 90.2 Å². The van der Waals surface area contributed by atoms with Gasteiger partial charge in [-0.05, 0) is 36.7 Å². The van der Waals surface area contributed by atoms with Crippen LogP contribution in [0.4, 0.5) is 10.1 Å². The zero-order valence-corrected chi connectivity index (χ0v) is 9.26. The molecule has 1 aromatic rings. The van der Waals surface area contributed by atoms with Gasteiger partial charge in [0.15, 0.2) is 0 Å². The fourth-order valence-electron chi connectivity index (χ4n) is 1.48. The van der Waals surface area contributed by atoms with E-state index < -0.39 is 0 Å². The van der Waals surface area contributed by atoms with Gasteiger partial charge in [-0.25, -0.2) is 4.39 Å². The van der Waals surface area contributed by atoms with Gasteiger partial charge in [-0.3, -0.25) is 0 Å². The average Bonchev–Trinajstić information content (AvgIpc) is 2.17. The molecule has 1 rings (SSSR count). The molecule has 0 aliphatic carbocycles. The third kappa shape index (κ3) is 2.80. The van der Waals surface area contributed by atoms with Crippen LogP contribution in [0.2, 0.25) is 0 Å². The summed E-state index contributed by atoms with van der Waals surface area (Å²) in [5.74, 6) is -0.233. The van der Waals surface area contributed by atoms with Crippen molar-refractivity contribution in [1.29, 1.82) is 0 Å². The van der Waals surface area contributed by atoms with E-state index in [9.17, 15) is 4.39 Å². The Hall–Kier alpha value is -1.35. The second-order valence-corrected chi connectivity index (χ2v) is 3.70. The zero-order chi connectivity index (χ0) is 11.4. The lowest BCUT2D eigenvalue weighted by Crippen LogP contribution is -2.12. The standard InChI is InChI=1S/C12H17FN2/c1-9(6-7-14)11-5-4-10(13)8-12(11)15(2)3/h4-5,8H,1,6-7,14H2,2-3H3. The third-order valence-corrected chi connectivity index (χ3v) is 2.27. The molecule has 15 heavy (non-hydrogen) atoms. The van der Waals surface area contributed by atoms with Crippen LogP contribution in [-0.4, -0.2) is 20.6 Å². The molecule has 3 heteroatoms. The quantitative estimate of drug-likeness (QED) is 0.822. The lowest BCUT2D eigenvalue weighted by molar-refractivity contribution is 0.627. The van der Waals surface area contributed by atoms with Crippen molar-refractivity contribution in [2.75, 3.05) is 25.5 Å². The van der Waals surface area contributed by atoms with Crippen molar-refractivity contribution < 1.29 is 4.39 Å². The highest BCUT2D eigenvalue weighted by Gasteiger charge is 2.08. The summed E-state index contributed by atoms with van der Waals surface area (Å²) in [6.45, 7) is 4.52. The highest BCUT2D eigenvalue weighted by molar-refractivity contribution is 5.75. The van der Waals surface area contributed by atoms with Crippen molar-refractivity contribution in [3.8, 4) is 0 Å². The molecular formula is C12H17FN2. The lowest BCUT2D eigenvalue weighted by Gasteiger charge is -2.18. The predicted molar refractivity (Wildman–Crippen MR) is 63.4 cm³/mol. The lowest BCUT2D eigenvalue weighted by atomic mass is 10.0. The van der Waals surface area contributed by atoms with E-state index in [2.05, 4.69) is 6.58 Å². The zero-order valence-electron chi connectivity index (χ0n) is 9.26. The first-order chi connectivity index (χ1) is 7.06. The van der Waals surface area contributed by atoms with Crippen LogP contribution in [0.3, 0.4) is 0 Å². The third-order valence-electron chi connectivity index (χ3n) is 2.27. The van der Waals surface area contributed by atoms with E-state index in [-0.39, 0.29) is 5.82 Å². The van der Waals surface area contributed by atoms with E-state index in [0.29, 0.717) is 6.54 Å². The molecule has 0 radical (unpaired) electrons. The summed E-state index contributed by atoms with van der Waals surface area (Å²) in [6, 6.07) is 4.71. The summed E-state index contributed by atoms with van der Waals surface area (Å²) < 4.78 is 13.1. The van der Waals surface area contributed by atoms with Gasteiger partial charge in [0, 0.05) is 25.3 Å². The van der Waals surface area contributed by atoms with Crippen molar-refractivity contribution in [2.24, 2.45) is 5.73 Å². The molecule has 0 saturated heterocycles. The molecule has 0 atom stereocenters. The minimum absolute atomic E-state index is 0.233. The van der Waals surface area contributed by atoms with Gasteiger partial charge in [0.25, 0.3) is 0 Å². The molecule has 0 unspecified atom stereocenters. The van der Waals surface area contributed by atoms with Crippen molar-refractivity contribution >= 4 is 11.3 Å². The number of benzene rings is 1. The molecule has 2 N–H and O–H groups in total. The first kappa shape index (κ1) is 11.7. The fourth-order valence-corrected chi connectivity index (χ4v) is 1.48. The van der Waals surface area contributed by atoms with E-state index >= 15 is 0 Å². The number of rotatable bonds is 4. The maximum absolute atomic E-state index is 13.1. The number of nitrogens with zero attached hydrogens (tertiary/aromatic N) is 1. The first-order valence-electron chi connectivity index (χ1n) is 4.91. The van der Waals surface area contributed by atoms with E-state index in [1.54, 1.807) is 6.07 Å². The van der Waals surface area contributed by atoms with Crippen LogP contribution in [0.5, 0.6) is 0 Å². The maximum Gasteiger partial charge on any atom is 0.125 e. The first-order valence-corrected chi connectivity index (χ1v) is 4.91. The molecule has 2 nitrogen and oxygen atoms in total. The summed E-state index contributed by atoms with van der Waals surface area (Å²) in [5, 5.41) is 0. The Balaban J connectivity index is 3.11. The monoisotopic (exact) mass is 208 g/mol. The summed E-state index contributed by atoms with van der Waals surface area (Å²) in [5.41, 5.74) is 8.23. The maximum atomic E-state index is 13.1. The average molecular weight is 208 g/mol. The van der Waals surface area contributed by atoms with Gasteiger partial charge in [-0.1, -0.05) is 6.58 Å². The minimum Gasteiger partial charge on any atom is -0.377 e.